The molecule has 2 aliphatic heterocycles. The highest BCUT2D eigenvalue weighted by molar-refractivity contribution is 7.00. The third kappa shape index (κ3) is 11.0. The molecule has 4 heterocycles. The Morgan fingerprint density at radius 2 is 0.670 bits per heavy atom. The minimum atomic E-state index is -0.302. The van der Waals surface area contributed by atoms with E-state index in [2.05, 4.69) is 396 Å². The van der Waals surface area contributed by atoms with Gasteiger partial charge in [-0.05, 0) is 185 Å². The molecule has 0 bridgehead atoms. The molecule has 1 aliphatic carbocycles. The molecule has 1 atom stereocenters. The van der Waals surface area contributed by atoms with Gasteiger partial charge in [0.25, 0.3) is 6.71 Å². The monoisotopic (exact) mass is 1340 g/mol. The molecule has 0 fully saturated rings. The molecule has 0 radical (unpaired) electrons. The van der Waals surface area contributed by atoms with Gasteiger partial charge in [0.15, 0.2) is 0 Å². The van der Waals surface area contributed by atoms with Crippen molar-refractivity contribution in [3.8, 4) is 44.8 Å². The predicted molar refractivity (Wildman–Crippen MR) is 445 cm³/mol. The van der Waals surface area contributed by atoms with Crippen LogP contribution in [0.4, 0.5) is 34.1 Å². The Bertz CT molecular complexity index is 5600. The minimum Gasteiger partial charge on any atom is -0.310 e. The maximum Gasteiger partial charge on any atom is 0.252 e. The van der Waals surface area contributed by atoms with E-state index < -0.39 is 0 Å². The molecular formula is C98H93BN4. The van der Waals surface area contributed by atoms with Crippen molar-refractivity contribution < 1.29 is 0 Å². The molecule has 0 amide bonds. The van der Waals surface area contributed by atoms with Gasteiger partial charge in [-0.3, -0.25) is 0 Å². The number of hydrogen-bond donors (Lipinski definition) is 0. The molecule has 4 nitrogen and oxygen atoms in total. The van der Waals surface area contributed by atoms with Crippen molar-refractivity contribution >= 4 is 101 Å². The number of anilines is 6. The second kappa shape index (κ2) is 24.0. The summed E-state index contributed by atoms with van der Waals surface area (Å²) in [6.45, 7) is 35.0. The van der Waals surface area contributed by atoms with Crippen LogP contribution in [0.5, 0.6) is 0 Å². The zero-order valence-electron chi connectivity index (χ0n) is 62.6. The molecule has 0 N–H and O–H groups in total. The van der Waals surface area contributed by atoms with E-state index in [1.807, 2.05) is 0 Å². The Morgan fingerprint density at radius 1 is 0.311 bits per heavy atom. The average Bonchev–Trinajstić information content (AvgIpc) is 1.07. The molecule has 5 heteroatoms. The van der Waals surface area contributed by atoms with Crippen LogP contribution in [0.15, 0.2) is 273 Å². The second-order valence-corrected chi connectivity index (χ2v) is 34.6. The first-order chi connectivity index (χ1) is 49.3. The summed E-state index contributed by atoms with van der Waals surface area (Å²) in [6.07, 6.45) is 10.2. The summed E-state index contributed by atoms with van der Waals surface area (Å²) in [4.78, 5) is 5.48. The van der Waals surface area contributed by atoms with E-state index in [4.69, 9.17) is 0 Å². The lowest BCUT2D eigenvalue weighted by atomic mass is 9.33. The molecule has 3 aliphatic rings. The van der Waals surface area contributed by atoms with Crippen molar-refractivity contribution in [3.63, 3.8) is 0 Å². The van der Waals surface area contributed by atoms with Crippen LogP contribution < -0.4 is 26.2 Å². The summed E-state index contributed by atoms with van der Waals surface area (Å²) in [7, 11) is 0. The molecule has 0 saturated carbocycles. The zero-order valence-corrected chi connectivity index (χ0v) is 62.6. The van der Waals surface area contributed by atoms with Crippen molar-refractivity contribution in [3.05, 3.63) is 306 Å². The summed E-state index contributed by atoms with van der Waals surface area (Å²) in [5.41, 5.74) is 32.2. The Kier molecular flexibility index (Phi) is 15.3. The standard InChI is InChI=1S/C98H93BN4/c1-94(2,3)66-42-50-83-77(54-66)78-55-67(95(4,5)6)43-51-84(78)100(83)71-46-48-81-87(60-71)102(92-73(62-30-20-16-21-31-62)38-28-39-74(92)63-32-22-17-23-33-63)89-58-70(98(13,14)15)59-90-91(89)99(81)82-49-47-72(101-85-52-44-68(96(7,8)9)56-79(85)80-57-69(97(10,11)12)45-53-86(80)101)61-88(82)103(90)93-75(64-34-24-18-25-35-64)40-29-41-76(93)65-36-26-19-27-37-65/h16-36,38-61,65H,37H2,1-15H3. The SMILES string of the molecule is CC(C)(C)c1cc2c3c(c1)N(c1c(-c4ccccc4)cccc1C1C=CC=CC1)c1cc(-n4c5ccc(C(C)(C)C)cc5c5cc(C(C)(C)C)ccc54)ccc1B3c1ccc(-n3c4ccc(C(C)(C)C)cc4c4cc(C(C)(C)C)ccc43)cc1N2c1c(-c2ccccc2)cccc1-c1ccccc1. The third-order valence-corrected chi connectivity index (χ3v) is 22.6. The van der Waals surface area contributed by atoms with Crippen molar-refractivity contribution in [2.24, 2.45) is 0 Å². The lowest BCUT2D eigenvalue weighted by molar-refractivity contribution is 0.590. The summed E-state index contributed by atoms with van der Waals surface area (Å²) in [5, 5.41) is 5.09. The van der Waals surface area contributed by atoms with Crippen LogP contribution in [0.1, 0.15) is 150 Å². The van der Waals surface area contributed by atoms with Gasteiger partial charge in [0.2, 0.25) is 0 Å². The van der Waals surface area contributed by atoms with Crippen LogP contribution in [-0.2, 0) is 27.1 Å². The highest BCUT2D eigenvalue weighted by Crippen LogP contribution is 2.55. The Labute approximate surface area is 610 Å². The smallest absolute Gasteiger partial charge is 0.252 e. The number of para-hydroxylation sites is 2. The summed E-state index contributed by atoms with van der Waals surface area (Å²) < 4.78 is 5.14. The van der Waals surface area contributed by atoms with Crippen molar-refractivity contribution in [2.75, 3.05) is 9.80 Å². The third-order valence-electron chi connectivity index (χ3n) is 22.6. The van der Waals surface area contributed by atoms with Crippen LogP contribution in [-0.4, -0.2) is 15.8 Å². The number of fused-ring (bicyclic) bond motifs is 10. The molecule has 103 heavy (non-hydrogen) atoms. The number of hydrogen-bond acceptors (Lipinski definition) is 2. The molecule has 17 rings (SSSR count). The summed E-state index contributed by atoms with van der Waals surface area (Å²) >= 11 is 0. The molecule has 14 aromatic rings. The number of nitrogens with zero attached hydrogens (tertiary/aromatic N) is 4. The van der Waals surface area contributed by atoms with E-state index in [1.54, 1.807) is 0 Å². The number of allylic oxidation sites excluding steroid dienone is 4. The fourth-order valence-electron chi connectivity index (χ4n) is 16.9. The van der Waals surface area contributed by atoms with E-state index in [9.17, 15) is 0 Å². The van der Waals surface area contributed by atoms with E-state index in [-0.39, 0.29) is 39.7 Å². The van der Waals surface area contributed by atoms with Gasteiger partial charge < -0.3 is 18.9 Å². The predicted octanol–water partition coefficient (Wildman–Crippen LogP) is 25.1. The second-order valence-electron chi connectivity index (χ2n) is 34.6. The summed E-state index contributed by atoms with van der Waals surface area (Å²) in [5.74, 6) is 0.115. The number of benzene rings is 12. The maximum absolute atomic E-state index is 2.76. The van der Waals surface area contributed by atoms with Crippen LogP contribution >= 0.6 is 0 Å². The highest BCUT2D eigenvalue weighted by Gasteiger charge is 2.47. The lowest BCUT2D eigenvalue weighted by Crippen LogP contribution is -2.61. The van der Waals surface area contributed by atoms with E-state index in [0.29, 0.717) is 0 Å². The van der Waals surface area contributed by atoms with Gasteiger partial charge in [0.1, 0.15) is 0 Å². The molecular weight excluding hydrogens is 1240 g/mol. The molecule has 1 unspecified atom stereocenters. The van der Waals surface area contributed by atoms with Crippen LogP contribution in [0, 0.1) is 0 Å². The molecule has 508 valence electrons. The Balaban J connectivity index is 1.03. The molecule has 0 spiro atoms. The van der Waals surface area contributed by atoms with Crippen LogP contribution in [0.25, 0.3) is 88.4 Å². The average molecular weight is 1340 g/mol. The normalized spacial score (nSPS) is 14.7. The van der Waals surface area contributed by atoms with Gasteiger partial charge in [-0.15, -0.1) is 0 Å². The van der Waals surface area contributed by atoms with Crippen molar-refractivity contribution in [1.29, 1.82) is 0 Å². The fraction of sp³-hybridized carbons (Fsp3) is 0.224. The van der Waals surface area contributed by atoms with Crippen molar-refractivity contribution in [1.82, 2.24) is 9.13 Å². The first-order valence-corrected chi connectivity index (χ1v) is 37.3. The Hall–Kier alpha value is -10.6. The fourth-order valence-corrected chi connectivity index (χ4v) is 16.9. The quantitative estimate of drug-likeness (QED) is 0.141. The van der Waals surface area contributed by atoms with Crippen LogP contribution in [0.2, 0.25) is 0 Å². The molecule has 2 aromatic heterocycles. The first kappa shape index (κ1) is 65.7. The van der Waals surface area contributed by atoms with Gasteiger partial charge in [0.05, 0.1) is 33.4 Å². The first-order valence-electron chi connectivity index (χ1n) is 37.3. The minimum absolute atomic E-state index is 0.0446. The lowest BCUT2D eigenvalue weighted by Gasteiger charge is -2.46. The van der Waals surface area contributed by atoms with Gasteiger partial charge >= 0.3 is 0 Å². The topological polar surface area (TPSA) is 16.3 Å². The molecule has 0 saturated heterocycles. The van der Waals surface area contributed by atoms with E-state index >= 15 is 0 Å². The Morgan fingerprint density at radius 3 is 1.03 bits per heavy atom. The van der Waals surface area contributed by atoms with E-state index in [0.717, 1.165) is 51.4 Å². The highest BCUT2D eigenvalue weighted by atomic mass is 15.2. The number of rotatable bonds is 8. The van der Waals surface area contributed by atoms with Gasteiger partial charge in [0, 0.05) is 78.3 Å². The maximum atomic E-state index is 2.76. The zero-order chi connectivity index (χ0) is 71.4. The van der Waals surface area contributed by atoms with E-state index in [1.165, 1.54) is 127 Å². The largest absolute Gasteiger partial charge is 0.310 e. The van der Waals surface area contributed by atoms with Crippen molar-refractivity contribution in [2.45, 2.75) is 143 Å². The van der Waals surface area contributed by atoms with Gasteiger partial charge in [-0.1, -0.05) is 292 Å². The number of aromatic nitrogens is 2. The van der Waals surface area contributed by atoms with Gasteiger partial charge in [-0.2, -0.15) is 0 Å². The summed E-state index contributed by atoms with van der Waals surface area (Å²) in [6, 6.07) is 96.8. The van der Waals surface area contributed by atoms with Gasteiger partial charge in [-0.25, -0.2) is 0 Å². The molecule has 12 aromatic carbocycles. The van der Waals surface area contributed by atoms with Crippen LogP contribution in [0.3, 0.4) is 0 Å².